The largest absolute Gasteiger partial charge is 0.0976 e. The molecule has 0 aliphatic heterocycles. The van der Waals surface area contributed by atoms with E-state index in [-0.39, 0.29) is 0 Å². The lowest BCUT2D eigenvalue weighted by Crippen LogP contribution is -1.73. The Labute approximate surface area is 67.9 Å². The number of hydrogen-bond acceptors (Lipinski definition) is 0. The van der Waals surface area contributed by atoms with E-state index in [1.165, 1.54) is 5.57 Å². The summed E-state index contributed by atoms with van der Waals surface area (Å²) < 4.78 is 0. The van der Waals surface area contributed by atoms with Crippen molar-refractivity contribution in [2.45, 2.75) is 20.8 Å². The zero-order valence-corrected chi connectivity index (χ0v) is 7.50. The van der Waals surface area contributed by atoms with E-state index in [1.807, 2.05) is 26.8 Å². The molecule has 0 heterocycles. The van der Waals surface area contributed by atoms with E-state index < -0.39 is 0 Å². The van der Waals surface area contributed by atoms with Gasteiger partial charge in [0.05, 0.1) is 0 Å². The summed E-state index contributed by atoms with van der Waals surface area (Å²) in [4.78, 5) is 0. The smallest absolute Gasteiger partial charge is 0.0429 e. The van der Waals surface area contributed by atoms with Crippen molar-refractivity contribution in [3.05, 3.63) is 34.9 Å². The highest BCUT2D eigenvalue weighted by Gasteiger charge is 1.89. The maximum Gasteiger partial charge on any atom is 0.0429 e. The Balaban J connectivity index is 4.48. The van der Waals surface area contributed by atoms with Gasteiger partial charge in [0.2, 0.25) is 0 Å². The molecule has 1 heteroatoms. The minimum atomic E-state index is 0.723. The molecule has 0 unspecified atom stereocenters. The van der Waals surface area contributed by atoms with Gasteiger partial charge in [0.1, 0.15) is 0 Å². The minimum Gasteiger partial charge on any atom is -0.0976 e. The Hall–Kier alpha value is -0.490. The predicted molar refractivity (Wildman–Crippen MR) is 48.2 cm³/mol. The molecule has 0 nitrogen and oxygen atoms in total. The van der Waals surface area contributed by atoms with Gasteiger partial charge in [-0.15, -0.1) is 0 Å². The minimum absolute atomic E-state index is 0.723. The van der Waals surface area contributed by atoms with Crippen LogP contribution in [0.1, 0.15) is 20.8 Å². The lowest BCUT2D eigenvalue weighted by Gasteiger charge is -1.94. The maximum atomic E-state index is 5.78. The van der Waals surface area contributed by atoms with Crippen LogP contribution < -0.4 is 0 Å². The van der Waals surface area contributed by atoms with E-state index in [1.54, 1.807) is 6.08 Å². The number of allylic oxidation sites excluding steroid dienone is 5. The van der Waals surface area contributed by atoms with Crippen LogP contribution in [-0.4, -0.2) is 0 Å². The standard InChI is InChI=1S/C9H13Cl/c1-5-9(10)8(4)6-7(2)3/h5-6H,1H2,2-4H3/b9-8+. The third kappa shape index (κ3) is 3.52. The lowest BCUT2D eigenvalue weighted by molar-refractivity contribution is 1.34. The number of halogens is 1. The van der Waals surface area contributed by atoms with E-state index >= 15 is 0 Å². The molecular formula is C9H13Cl. The average Bonchev–Trinajstić information content (AvgIpc) is 1.85. The molecule has 0 saturated carbocycles. The SMILES string of the molecule is C=C/C(Cl)=C(/C)C=C(C)C. The normalized spacial score (nSPS) is 12.0. The Morgan fingerprint density at radius 2 is 1.80 bits per heavy atom. The molecule has 0 saturated heterocycles. The first-order valence-electron chi connectivity index (χ1n) is 3.21. The molecular weight excluding hydrogens is 144 g/mol. The summed E-state index contributed by atoms with van der Waals surface area (Å²) in [7, 11) is 0. The van der Waals surface area contributed by atoms with Crippen molar-refractivity contribution in [1.29, 1.82) is 0 Å². The molecule has 0 aliphatic carbocycles. The third-order valence-corrected chi connectivity index (χ3v) is 1.51. The van der Waals surface area contributed by atoms with Crippen molar-refractivity contribution >= 4 is 11.6 Å². The van der Waals surface area contributed by atoms with Gasteiger partial charge in [-0.1, -0.05) is 35.9 Å². The molecule has 0 amide bonds. The fraction of sp³-hybridized carbons (Fsp3) is 0.333. The topological polar surface area (TPSA) is 0 Å². The summed E-state index contributed by atoms with van der Waals surface area (Å²) in [5, 5.41) is 0.723. The third-order valence-electron chi connectivity index (χ3n) is 1.06. The van der Waals surface area contributed by atoms with Gasteiger partial charge in [-0.25, -0.2) is 0 Å². The van der Waals surface area contributed by atoms with Gasteiger partial charge in [-0.2, -0.15) is 0 Å². The van der Waals surface area contributed by atoms with Crippen molar-refractivity contribution in [2.24, 2.45) is 0 Å². The van der Waals surface area contributed by atoms with E-state index in [9.17, 15) is 0 Å². The second-order valence-electron chi connectivity index (χ2n) is 2.46. The predicted octanol–water partition coefficient (Wildman–Crippen LogP) is 3.65. The lowest BCUT2D eigenvalue weighted by atomic mass is 10.2. The highest BCUT2D eigenvalue weighted by molar-refractivity contribution is 6.31. The van der Waals surface area contributed by atoms with Crippen LogP contribution in [0.5, 0.6) is 0 Å². The number of hydrogen-bond donors (Lipinski definition) is 0. The molecule has 0 bridgehead atoms. The van der Waals surface area contributed by atoms with Gasteiger partial charge in [-0.05, 0) is 26.3 Å². The molecule has 0 aromatic rings. The highest BCUT2D eigenvalue weighted by atomic mass is 35.5. The second kappa shape index (κ2) is 4.35. The van der Waals surface area contributed by atoms with E-state index in [2.05, 4.69) is 6.58 Å². The van der Waals surface area contributed by atoms with Crippen molar-refractivity contribution < 1.29 is 0 Å². The Kier molecular flexibility index (Phi) is 4.13. The molecule has 0 N–H and O–H groups in total. The monoisotopic (exact) mass is 156 g/mol. The van der Waals surface area contributed by atoms with Crippen LogP contribution >= 0.6 is 11.6 Å². The fourth-order valence-electron chi connectivity index (χ4n) is 0.663. The van der Waals surface area contributed by atoms with E-state index in [0.29, 0.717) is 0 Å². The molecule has 0 spiro atoms. The molecule has 56 valence electrons. The highest BCUT2D eigenvalue weighted by Crippen LogP contribution is 2.12. The average molecular weight is 157 g/mol. The first-order chi connectivity index (χ1) is 4.57. The zero-order valence-electron chi connectivity index (χ0n) is 6.74. The van der Waals surface area contributed by atoms with E-state index in [0.717, 1.165) is 10.6 Å². The van der Waals surface area contributed by atoms with Crippen LogP contribution in [0.4, 0.5) is 0 Å². The molecule has 0 aromatic heterocycles. The van der Waals surface area contributed by atoms with Crippen LogP contribution in [0.2, 0.25) is 0 Å². The van der Waals surface area contributed by atoms with Crippen LogP contribution in [0.3, 0.4) is 0 Å². The van der Waals surface area contributed by atoms with Crippen LogP contribution in [-0.2, 0) is 0 Å². The molecule has 10 heavy (non-hydrogen) atoms. The summed E-state index contributed by atoms with van der Waals surface area (Å²) >= 11 is 5.78. The van der Waals surface area contributed by atoms with E-state index in [4.69, 9.17) is 11.6 Å². The first kappa shape index (κ1) is 9.51. The Morgan fingerprint density at radius 1 is 1.30 bits per heavy atom. The Morgan fingerprint density at radius 3 is 2.10 bits per heavy atom. The van der Waals surface area contributed by atoms with Gasteiger partial charge < -0.3 is 0 Å². The molecule has 0 aromatic carbocycles. The Bertz CT molecular complexity index is 181. The van der Waals surface area contributed by atoms with Crippen LogP contribution in [0.15, 0.2) is 34.9 Å². The summed E-state index contributed by atoms with van der Waals surface area (Å²) in [6.45, 7) is 9.62. The van der Waals surface area contributed by atoms with Gasteiger partial charge in [0.25, 0.3) is 0 Å². The summed E-state index contributed by atoms with van der Waals surface area (Å²) in [6, 6.07) is 0. The summed E-state index contributed by atoms with van der Waals surface area (Å²) in [6.07, 6.45) is 3.68. The zero-order chi connectivity index (χ0) is 8.15. The fourth-order valence-corrected chi connectivity index (χ4v) is 0.717. The summed E-state index contributed by atoms with van der Waals surface area (Å²) in [5.74, 6) is 0. The van der Waals surface area contributed by atoms with Gasteiger partial charge in [-0.3, -0.25) is 0 Å². The van der Waals surface area contributed by atoms with Crippen molar-refractivity contribution in [3.8, 4) is 0 Å². The van der Waals surface area contributed by atoms with Gasteiger partial charge >= 0.3 is 0 Å². The van der Waals surface area contributed by atoms with Crippen LogP contribution in [0.25, 0.3) is 0 Å². The maximum absolute atomic E-state index is 5.78. The quantitative estimate of drug-likeness (QED) is 0.536. The second-order valence-corrected chi connectivity index (χ2v) is 2.86. The van der Waals surface area contributed by atoms with Gasteiger partial charge in [0.15, 0.2) is 0 Å². The summed E-state index contributed by atoms with van der Waals surface area (Å²) in [5.41, 5.74) is 2.31. The first-order valence-corrected chi connectivity index (χ1v) is 3.59. The molecule has 0 atom stereocenters. The van der Waals surface area contributed by atoms with Crippen molar-refractivity contribution in [3.63, 3.8) is 0 Å². The number of rotatable bonds is 2. The van der Waals surface area contributed by atoms with Crippen LogP contribution in [0, 0.1) is 0 Å². The molecule has 0 fully saturated rings. The van der Waals surface area contributed by atoms with Crippen molar-refractivity contribution in [2.75, 3.05) is 0 Å². The molecule has 0 rings (SSSR count). The molecule has 0 aliphatic rings. The van der Waals surface area contributed by atoms with Crippen molar-refractivity contribution in [1.82, 2.24) is 0 Å². The van der Waals surface area contributed by atoms with Gasteiger partial charge in [0, 0.05) is 5.03 Å². The molecule has 0 radical (unpaired) electrons.